The van der Waals surface area contributed by atoms with Gasteiger partial charge in [0.15, 0.2) is 0 Å². The van der Waals surface area contributed by atoms with Crippen molar-refractivity contribution >= 4 is 0 Å². The van der Waals surface area contributed by atoms with Crippen LogP contribution in [-0.4, -0.2) is 6.36 Å². The van der Waals surface area contributed by atoms with Gasteiger partial charge >= 0.3 is 6.36 Å². The van der Waals surface area contributed by atoms with E-state index in [1.807, 2.05) is 12.1 Å². The van der Waals surface area contributed by atoms with E-state index in [1.165, 1.54) is 24.3 Å². The Morgan fingerprint density at radius 1 is 1.00 bits per heavy atom. The standard InChI is InChI=1S/C14H10F3O2/c15-14(16,17)19-13-8-6-11(7-9-13)10-18-12-4-2-1-3-5-12/h1-4,6-9H,10H2. The molecule has 0 atom stereocenters. The van der Waals surface area contributed by atoms with Crippen LogP contribution in [0.25, 0.3) is 0 Å². The zero-order chi connectivity index (χ0) is 13.7. The second-order valence-corrected chi connectivity index (χ2v) is 3.71. The first-order chi connectivity index (χ1) is 9.03. The summed E-state index contributed by atoms with van der Waals surface area (Å²) in [6, 6.07) is 15.5. The molecular weight excluding hydrogens is 257 g/mol. The van der Waals surface area contributed by atoms with Gasteiger partial charge in [-0.05, 0) is 23.8 Å². The Bertz CT molecular complexity index is 506. The maximum atomic E-state index is 12.0. The molecule has 0 aliphatic rings. The van der Waals surface area contributed by atoms with Gasteiger partial charge in [-0.25, -0.2) is 0 Å². The smallest absolute Gasteiger partial charge is 0.488 e. The minimum atomic E-state index is -4.67. The van der Waals surface area contributed by atoms with Crippen molar-refractivity contribution in [2.45, 2.75) is 13.0 Å². The molecule has 0 aromatic heterocycles. The monoisotopic (exact) mass is 267 g/mol. The number of hydrogen-bond donors (Lipinski definition) is 0. The van der Waals surface area contributed by atoms with E-state index in [0.717, 1.165) is 5.56 Å². The Kier molecular flexibility index (Phi) is 3.94. The van der Waals surface area contributed by atoms with Crippen LogP contribution in [0, 0.1) is 6.07 Å². The van der Waals surface area contributed by atoms with Crippen molar-refractivity contribution in [2.75, 3.05) is 0 Å². The minimum absolute atomic E-state index is 0.248. The highest BCUT2D eigenvalue weighted by atomic mass is 19.4. The predicted octanol–water partition coefficient (Wildman–Crippen LogP) is 3.96. The average Bonchev–Trinajstić information content (AvgIpc) is 2.37. The van der Waals surface area contributed by atoms with Crippen LogP contribution >= 0.6 is 0 Å². The van der Waals surface area contributed by atoms with Gasteiger partial charge in [0.25, 0.3) is 0 Å². The number of ether oxygens (including phenoxy) is 2. The van der Waals surface area contributed by atoms with Crippen molar-refractivity contribution in [1.82, 2.24) is 0 Å². The molecular formula is C14H10F3O2. The molecule has 1 radical (unpaired) electrons. The fraction of sp³-hybridized carbons (Fsp3) is 0.143. The summed E-state index contributed by atoms with van der Waals surface area (Å²) in [6.07, 6.45) is -4.67. The zero-order valence-corrected chi connectivity index (χ0v) is 9.78. The van der Waals surface area contributed by atoms with Crippen molar-refractivity contribution in [1.29, 1.82) is 0 Å². The Labute approximate surface area is 108 Å². The molecule has 2 aromatic rings. The third-order valence-electron chi connectivity index (χ3n) is 2.23. The number of benzene rings is 2. The fourth-order valence-electron chi connectivity index (χ4n) is 1.42. The van der Waals surface area contributed by atoms with Crippen LogP contribution in [-0.2, 0) is 6.61 Å². The van der Waals surface area contributed by atoms with Gasteiger partial charge in [-0.2, -0.15) is 0 Å². The first-order valence-electron chi connectivity index (χ1n) is 5.47. The molecule has 0 aliphatic heterocycles. The van der Waals surface area contributed by atoms with Crippen LogP contribution in [0.15, 0.2) is 48.5 Å². The molecule has 2 aromatic carbocycles. The van der Waals surface area contributed by atoms with Crippen LogP contribution in [0.3, 0.4) is 0 Å². The highest BCUT2D eigenvalue weighted by molar-refractivity contribution is 5.28. The number of hydrogen-bond acceptors (Lipinski definition) is 2. The average molecular weight is 267 g/mol. The third kappa shape index (κ3) is 4.54. The van der Waals surface area contributed by atoms with E-state index in [-0.39, 0.29) is 12.4 Å². The van der Waals surface area contributed by atoms with E-state index in [0.29, 0.717) is 5.75 Å². The minimum Gasteiger partial charge on any atom is -0.488 e. The van der Waals surface area contributed by atoms with Crippen molar-refractivity contribution in [3.63, 3.8) is 0 Å². The molecule has 0 aliphatic carbocycles. The number of para-hydroxylation sites is 1. The van der Waals surface area contributed by atoms with E-state index >= 15 is 0 Å². The predicted molar refractivity (Wildman–Crippen MR) is 62.7 cm³/mol. The Morgan fingerprint density at radius 2 is 1.74 bits per heavy atom. The largest absolute Gasteiger partial charge is 0.573 e. The zero-order valence-electron chi connectivity index (χ0n) is 9.78. The number of rotatable bonds is 4. The molecule has 19 heavy (non-hydrogen) atoms. The van der Waals surface area contributed by atoms with Gasteiger partial charge in [-0.3, -0.25) is 0 Å². The molecule has 0 fully saturated rings. The molecule has 2 rings (SSSR count). The van der Waals surface area contributed by atoms with Crippen LogP contribution < -0.4 is 9.47 Å². The SMILES string of the molecule is FC(F)(F)Oc1ccc(COc2[c]cccc2)cc1. The lowest BCUT2D eigenvalue weighted by molar-refractivity contribution is -0.274. The van der Waals surface area contributed by atoms with Gasteiger partial charge in [0.2, 0.25) is 0 Å². The van der Waals surface area contributed by atoms with Gasteiger partial charge in [-0.15, -0.1) is 13.2 Å². The first kappa shape index (κ1) is 13.3. The highest BCUT2D eigenvalue weighted by Gasteiger charge is 2.30. The maximum absolute atomic E-state index is 12.0. The van der Waals surface area contributed by atoms with E-state index in [1.54, 1.807) is 12.1 Å². The Balaban J connectivity index is 1.92. The van der Waals surface area contributed by atoms with Crippen molar-refractivity contribution < 1.29 is 22.6 Å². The van der Waals surface area contributed by atoms with Crippen molar-refractivity contribution in [3.05, 3.63) is 60.2 Å². The molecule has 0 N–H and O–H groups in total. The second-order valence-electron chi connectivity index (χ2n) is 3.71. The highest BCUT2D eigenvalue weighted by Crippen LogP contribution is 2.23. The summed E-state index contributed by atoms with van der Waals surface area (Å²) in [5, 5.41) is 0. The molecule has 0 unspecified atom stereocenters. The lowest BCUT2D eigenvalue weighted by atomic mass is 10.2. The summed E-state index contributed by atoms with van der Waals surface area (Å²) in [7, 11) is 0. The van der Waals surface area contributed by atoms with Crippen LogP contribution in [0.2, 0.25) is 0 Å². The first-order valence-corrected chi connectivity index (χ1v) is 5.47. The van der Waals surface area contributed by atoms with Gasteiger partial charge in [0, 0.05) is 6.07 Å². The summed E-state index contributed by atoms with van der Waals surface area (Å²) >= 11 is 0. The maximum Gasteiger partial charge on any atom is 0.573 e. The Morgan fingerprint density at radius 3 is 2.32 bits per heavy atom. The van der Waals surface area contributed by atoms with Gasteiger partial charge in [0.1, 0.15) is 18.1 Å². The molecule has 2 nitrogen and oxygen atoms in total. The van der Waals surface area contributed by atoms with Crippen LogP contribution in [0.4, 0.5) is 13.2 Å². The lowest BCUT2D eigenvalue weighted by Gasteiger charge is -2.09. The van der Waals surface area contributed by atoms with Gasteiger partial charge < -0.3 is 9.47 Å². The summed E-state index contributed by atoms with van der Waals surface area (Å²) in [4.78, 5) is 0. The van der Waals surface area contributed by atoms with Gasteiger partial charge in [0.05, 0.1) is 0 Å². The fourth-order valence-corrected chi connectivity index (χ4v) is 1.42. The van der Waals surface area contributed by atoms with E-state index in [2.05, 4.69) is 10.8 Å². The van der Waals surface area contributed by atoms with E-state index in [4.69, 9.17) is 4.74 Å². The molecule has 99 valence electrons. The second kappa shape index (κ2) is 5.65. The molecule has 0 saturated heterocycles. The summed E-state index contributed by atoms with van der Waals surface area (Å²) in [5.41, 5.74) is 0.742. The molecule has 0 spiro atoms. The normalized spacial score (nSPS) is 11.1. The number of alkyl halides is 3. The number of halogens is 3. The van der Waals surface area contributed by atoms with Crippen LogP contribution in [0.5, 0.6) is 11.5 Å². The van der Waals surface area contributed by atoms with Crippen molar-refractivity contribution in [2.24, 2.45) is 0 Å². The molecule has 0 heterocycles. The Hall–Kier alpha value is -2.17. The van der Waals surface area contributed by atoms with E-state index < -0.39 is 6.36 Å². The summed E-state index contributed by atoms with van der Waals surface area (Å²) in [5.74, 6) is 0.334. The van der Waals surface area contributed by atoms with Crippen LogP contribution in [0.1, 0.15) is 5.56 Å². The summed E-state index contributed by atoms with van der Waals surface area (Å²) in [6.45, 7) is 0.257. The lowest BCUT2D eigenvalue weighted by Crippen LogP contribution is -2.17. The molecule has 0 amide bonds. The van der Waals surface area contributed by atoms with E-state index in [9.17, 15) is 13.2 Å². The molecule has 0 bridgehead atoms. The molecule has 0 saturated carbocycles. The van der Waals surface area contributed by atoms with Gasteiger partial charge in [-0.1, -0.05) is 30.3 Å². The molecule has 5 heteroatoms. The van der Waals surface area contributed by atoms with Crippen molar-refractivity contribution in [3.8, 4) is 11.5 Å². The third-order valence-corrected chi connectivity index (χ3v) is 2.23. The topological polar surface area (TPSA) is 18.5 Å². The quantitative estimate of drug-likeness (QED) is 0.834. The summed E-state index contributed by atoms with van der Waals surface area (Å²) < 4.78 is 45.1.